The van der Waals surface area contributed by atoms with Gasteiger partial charge in [0.15, 0.2) is 0 Å². The van der Waals surface area contributed by atoms with Crippen LogP contribution in [0.15, 0.2) is 91.0 Å². The molecule has 0 aromatic heterocycles. The highest BCUT2D eigenvalue weighted by Gasteiger charge is 2.23. The summed E-state index contributed by atoms with van der Waals surface area (Å²) in [4.78, 5) is 37.1. The Hall–Kier alpha value is -4.33. The second-order valence-electron chi connectivity index (χ2n) is 8.65. The van der Waals surface area contributed by atoms with Crippen LogP contribution in [0.25, 0.3) is 0 Å². The van der Waals surface area contributed by atoms with Crippen molar-refractivity contribution in [3.8, 4) is 0 Å². The molecule has 0 aliphatic heterocycles. The molecule has 1 unspecified atom stereocenters. The van der Waals surface area contributed by atoms with Crippen molar-refractivity contribution in [2.75, 3.05) is 13.2 Å². The third-order valence-corrected chi connectivity index (χ3v) is 5.64. The molecule has 0 heterocycles. The lowest BCUT2D eigenvalue weighted by atomic mass is 10.1. The van der Waals surface area contributed by atoms with Gasteiger partial charge in [0.1, 0.15) is 19.3 Å². The minimum absolute atomic E-state index is 0.0913. The zero-order valence-corrected chi connectivity index (χ0v) is 21.3. The quantitative estimate of drug-likeness (QED) is 0.174. The summed E-state index contributed by atoms with van der Waals surface area (Å²) in [5.74, 6) is -0.568. The van der Waals surface area contributed by atoms with Gasteiger partial charge in [-0.2, -0.15) is 0 Å². The summed E-state index contributed by atoms with van der Waals surface area (Å²) in [7, 11) is 0. The normalized spacial score (nSPS) is 11.2. The van der Waals surface area contributed by atoms with E-state index in [9.17, 15) is 14.4 Å². The van der Waals surface area contributed by atoms with Crippen LogP contribution >= 0.6 is 0 Å². The fourth-order valence-electron chi connectivity index (χ4n) is 3.62. The van der Waals surface area contributed by atoms with E-state index in [-0.39, 0.29) is 32.8 Å². The van der Waals surface area contributed by atoms with Crippen molar-refractivity contribution in [3.05, 3.63) is 108 Å². The molecule has 0 aliphatic rings. The average Bonchev–Trinajstić information content (AvgIpc) is 2.96. The van der Waals surface area contributed by atoms with E-state index in [1.165, 1.54) is 0 Å². The Balaban J connectivity index is 1.41. The summed E-state index contributed by atoms with van der Waals surface area (Å²) in [6, 6.07) is 27.6. The molecule has 0 fully saturated rings. The number of alkyl carbamates (subject to hydrolysis) is 2. The van der Waals surface area contributed by atoms with E-state index in [0.717, 1.165) is 23.1 Å². The molecule has 0 radical (unpaired) electrons. The van der Waals surface area contributed by atoms with E-state index in [4.69, 9.17) is 14.2 Å². The summed E-state index contributed by atoms with van der Waals surface area (Å²) in [6.45, 7) is 0.748. The summed E-state index contributed by atoms with van der Waals surface area (Å²) in [5, 5.41) is 5.27. The van der Waals surface area contributed by atoms with Crippen molar-refractivity contribution in [3.63, 3.8) is 0 Å². The largest absolute Gasteiger partial charge is 0.459 e. The zero-order valence-electron chi connectivity index (χ0n) is 21.3. The molecule has 0 aliphatic carbocycles. The summed E-state index contributed by atoms with van der Waals surface area (Å²) < 4.78 is 15.9. The van der Waals surface area contributed by atoms with Crippen LogP contribution in [0.2, 0.25) is 0 Å². The molecule has 3 rings (SSSR count). The number of esters is 1. The summed E-state index contributed by atoms with van der Waals surface area (Å²) in [5.41, 5.74) is 2.88. The van der Waals surface area contributed by atoms with E-state index < -0.39 is 24.2 Å². The van der Waals surface area contributed by atoms with Gasteiger partial charge in [0.2, 0.25) is 0 Å². The first-order valence-electron chi connectivity index (χ1n) is 12.7. The first-order valence-corrected chi connectivity index (χ1v) is 12.7. The summed E-state index contributed by atoms with van der Waals surface area (Å²) >= 11 is 0. The monoisotopic (exact) mass is 518 g/mol. The van der Waals surface area contributed by atoms with Gasteiger partial charge >= 0.3 is 18.2 Å². The maximum Gasteiger partial charge on any atom is 0.407 e. The van der Waals surface area contributed by atoms with Crippen LogP contribution in [0.3, 0.4) is 0 Å². The molecule has 1 atom stereocenters. The first-order chi connectivity index (χ1) is 18.6. The Morgan fingerprint density at radius 2 is 1.18 bits per heavy atom. The molecule has 0 saturated heterocycles. The van der Waals surface area contributed by atoms with Gasteiger partial charge in [-0.1, -0.05) is 91.0 Å². The lowest BCUT2D eigenvalue weighted by molar-refractivity contribution is -0.147. The molecule has 2 amide bonds. The second kappa shape index (κ2) is 16.4. The van der Waals surface area contributed by atoms with Crippen LogP contribution in [0, 0.1) is 0 Å². The van der Waals surface area contributed by atoms with Gasteiger partial charge in [-0.25, -0.2) is 14.4 Å². The third kappa shape index (κ3) is 11.2. The van der Waals surface area contributed by atoms with E-state index in [1.807, 2.05) is 91.0 Å². The van der Waals surface area contributed by atoms with Crippen molar-refractivity contribution in [2.45, 2.75) is 44.9 Å². The number of ether oxygens (including phenoxy) is 3. The van der Waals surface area contributed by atoms with Gasteiger partial charge in [0.05, 0.1) is 6.61 Å². The number of hydrogen-bond donors (Lipinski definition) is 2. The standard InChI is InChI=1S/C30H34N2O6/c33-28(37-22-25-14-6-2-7-15-25)27(32-30(35)36-21-11-18-24-12-4-1-5-13-24)19-10-20-31-29(34)38-23-26-16-8-3-9-17-26/h1-9,12-17,27H,10-11,18-23H2,(H,31,34)(H,32,35). The summed E-state index contributed by atoms with van der Waals surface area (Å²) in [6.07, 6.45) is 0.877. The van der Waals surface area contributed by atoms with Crippen molar-refractivity contribution >= 4 is 18.2 Å². The Bertz CT molecular complexity index is 1110. The van der Waals surface area contributed by atoms with Gasteiger partial charge in [0.25, 0.3) is 0 Å². The highest BCUT2D eigenvalue weighted by Crippen LogP contribution is 2.07. The van der Waals surface area contributed by atoms with E-state index in [2.05, 4.69) is 10.6 Å². The molecule has 8 heteroatoms. The topological polar surface area (TPSA) is 103 Å². The lowest BCUT2D eigenvalue weighted by Gasteiger charge is -2.18. The highest BCUT2D eigenvalue weighted by atomic mass is 16.6. The van der Waals surface area contributed by atoms with Gasteiger partial charge in [-0.15, -0.1) is 0 Å². The molecule has 0 bridgehead atoms. The number of aryl methyl sites for hydroxylation is 1. The maximum atomic E-state index is 12.7. The number of benzene rings is 3. The number of nitrogens with one attached hydrogen (secondary N) is 2. The van der Waals surface area contributed by atoms with Crippen molar-refractivity contribution in [2.24, 2.45) is 0 Å². The SMILES string of the molecule is O=C(NCCCC(NC(=O)OCCCc1ccccc1)C(=O)OCc1ccccc1)OCc1ccccc1. The molecular formula is C30H34N2O6. The molecule has 3 aromatic rings. The predicted molar refractivity (Wildman–Crippen MR) is 143 cm³/mol. The van der Waals surface area contributed by atoms with Crippen LogP contribution in [-0.2, 0) is 38.6 Å². The molecule has 0 saturated carbocycles. The molecule has 38 heavy (non-hydrogen) atoms. The Morgan fingerprint density at radius 3 is 1.79 bits per heavy atom. The number of amides is 2. The fraction of sp³-hybridized carbons (Fsp3) is 0.300. The minimum atomic E-state index is -0.914. The molecular weight excluding hydrogens is 484 g/mol. The van der Waals surface area contributed by atoms with Crippen LogP contribution in [-0.4, -0.2) is 37.3 Å². The first kappa shape index (κ1) is 28.2. The maximum absolute atomic E-state index is 12.7. The Labute approximate surface area is 223 Å². The predicted octanol–water partition coefficient (Wildman–Crippen LogP) is 5.16. The number of carbonyl (C=O) groups excluding carboxylic acids is 3. The third-order valence-electron chi connectivity index (χ3n) is 5.64. The van der Waals surface area contributed by atoms with Crippen LogP contribution < -0.4 is 10.6 Å². The van der Waals surface area contributed by atoms with Crippen molar-refractivity contribution in [1.82, 2.24) is 10.6 Å². The van der Waals surface area contributed by atoms with Crippen LogP contribution in [0.1, 0.15) is 36.0 Å². The van der Waals surface area contributed by atoms with E-state index in [0.29, 0.717) is 12.8 Å². The minimum Gasteiger partial charge on any atom is -0.459 e. The van der Waals surface area contributed by atoms with E-state index >= 15 is 0 Å². The molecule has 0 spiro atoms. The molecule has 2 N–H and O–H groups in total. The Kier molecular flexibility index (Phi) is 12.2. The lowest BCUT2D eigenvalue weighted by Crippen LogP contribution is -2.42. The van der Waals surface area contributed by atoms with Crippen LogP contribution in [0.5, 0.6) is 0 Å². The van der Waals surface area contributed by atoms with Gasteiger partial charge in [-0.3, -0.25) is 0 Å². The zero-order chi connectivity index (χ0) is 26.8. The van der Waals surface area contributed by atoms with Crippen LogP contribution in [0.4, 0.5) is 9.59 Å². The number of hydrogen-bond acceptors (Lipinski definition) is 6. The fourth-order valence-corrected chi connectivity index (χ4v) is 3.62. The van der Waals surface area contributed by atoms with Crippen molar-refractivity contribution in [1.29, 1.82) is 0 Å². The number of rotatable bonds is 14. The Morgan fingerprint density at radius 1 is 0.632 bits per heavy atom. The van der Waals surface area contributed by atoms with Gasteiger partial charge in [-0.05, 0) is 42.4 Å². The smallest absolute Gasteiger partial charge is 0.407 e. The molecule has 8 nitrogen and oxygen atoms in total. The molecule has 200 valence electrons. The number of carbonyl (C=O) groups is 3. The van der Waals surface area contributed by atoms with E-state index in [1.54, 1.807) is 0 Å². The highest BCUT2D eigenvalue weighted by molar-refractivity contribution is 5.81. The van der Waals surface area contributed by atoms with Gasteiger partial charge < -0.3 is 24.8 Å². The van der Waals surface area contributed by atoms with Gasteiger partial charge in [0, 0.05) is 6.54 Å². The van der Waals surface area contributed by atoms with Crippen molar-refractivity contribution < 1.29 is 28.6 Å². The average molecular weight is 519 g/mol. The molecule has 3 aromatic carbocycles. The second-order valence-corrected chi connectivity index (χ2v) is 8.65.